The third kappa shape index (κ3) is 4.91. The van der Waals surface area contributed by atoms with Gasteiger partial charge < -0.3 is 4.74 Å². The number of ketones is 1. The fourth-order valence-electron chi connectivity index (χ4n) is 5.95. The van der Waals surface area contributed by atoms with Gasteiger partial charge in [0.25, 0.3) is 17.7 Å². The number of fused-ring (bicyclic) bond motifs is 5. The second-order valence-electron chi connectivity index (χ2n) is 10.7. The van der Waals surface area contributed by atoms with Crippen molar-refractivity contribution in [3.8, 4) is 5.75 Å². The molecule has 3 amide bonds. The first-order chi connectivity index (χ1) is 20.1. The van der Waals surface area contributed by atoms with E-state index in [0.29, 0.717) is 10.6 Å². The van der Waals surface area contributed by atoms with Crippen molar-refractivity contribution < 1.29 is 28.7 Å². The number of rotatable bonds is 7. The lowest BCUT2D eigenvalue weighted by Crippen LogP contribution is -2.52. The number of imide groups is 1. The van der Waals surface area contributed by atoms with E-state index >= 15 is 0 Å². The Bertz CT molecular complexity index is 1640. The molecule has 1 saturated heterocycles. The highest BCUT2D eigenvalue weighted by Gasteiger charge is 2.61. The summed E-state index contributed by atoms with van der Waals surface area (Å²) in [6.45, 7) is 1.31. The molecule has 4 atom stereocenters. The Kier molecular flexibility index (Phi) is 7.20. The first-order valence-corrected chi connectivity index (χ1v) is 14.1. The van der Waals surface area contributed by atoms with E-state index in [1.165, 1.54) is 42.5 Å². The molecule has 2 fully saturated rings. The number of Topliss-reactive ketones (excluding diaryl/α,β-unsaturated/α-hetero) is 1. The Morgan fingerprint density at radius 3 is 2.05 bits per heavy atom. The summed E-state index contributed by atoms with van der Waals surface area (Å²) in [7, 11) is 0. The third-order valence-electron chi connectivity index (χ3n) is 8.05. The van der Waals surface area contributed by atoms with Crippen molar-refractivity contribution in [1.29, 1.82) is 0 Å². The molecule has 42 heavy (non-hydrogen) atoms. The molecule has 3 aromatic rings. The zero-order chi connectivity index (χ0) is 29.7. The summed E-state index contributed by atoms with van der Waals surface area (Å²) in [6.07, 6.45) is 4.61. The van der Waals surface area contributed by atoms with Gasteiger partial charge in [-0.1, -0.05) is 53.1 Å². The number of aryl methyl sites for hydroxylation is 1. The van der Waals surface area contributed by atoms with Crippen LogP contribution in [0.5, 0.6) is 5.75 Å². The normalized spacial score (nSPS) is 21.9. The minimum Gasteiger partial charge on any atom is -0.423 e. The van der Waals surface area contributed by atoms with Gasteiger partial charge in [0.1, 0.15) is 12.3 Å². The fraction of sp³-hybridized carbons (Fsp3) is 0.219. The lowest BCUT2D eigenvalue weighted by Gasteiger charge is -2.31. The predicted molar refractivity (Wildman–Crippen MR) is 154 cm³/mol. The Morgan fingerprint density at radius 1 is 0.857 bits per heavy atom. The van der Waals surface area contributed by atoms with Gasteiger partial charge in [0.05, 0.1) is 28.0 Å². The molecule has 2 bridgehead atoms. The number of carbonyl (C=O) groups is 5. The number of hydrazine groups is 1. The average molecular weight is 603 g/mol. The summed E-state index contributed by atoms with van der Waals surface area (Å²) in [5.74, 6) is -3.96. The monoisotopic (exact) mass is 602 g/mol. The average Bonchev–Trinajstić information content (AvgIpc) is 3.66. The second kappa shape index (κ2) is 10.9. The first kappa shape index (κ1) is 27.9. The molecule has 212 valence electrons. The Hall–Kier alpha value is -4.27. The molecule has 0 unspecified atom stereocenters. The largest absolute Gasteiger partial charge is 0.423 e. The van der Waals surface area contributed by atoms with E-state index in [0.717, 1.165) is 22.0 Å². The number of hydrogen-bond acceptors (Lipinski definition) is 6. The van der Waals surface area contributed by atoms with Crippen molar-refractivity contribution in [1.82, 2.24) is 10.0 Å². The second-order valence-corrected chi connectivity index (χ2v) is 11.5. The quantitative estimate of drug-likeness (QED) is 0.115. The molecule has 0 radical (unpaired) electrons. The molecule has 8 nitrogen and oxygen atoms in total. The van der Waals surface area contributed by atoms with E-state index in [4.69, 9.17) is 27.9 Å². The highest BCUT2D eigenvalue weighted by molar-refractivity contribution is 6.36. The number of esters is 1. The molecule has 3 aromatic carbocycles. The Balaban J connectivity index is 1.25. The van der Waals surface area contributed by atoms with Crippen LogP contribution in [-0.4, -0.2) is 46.0 Å². The van der Waals surface area contributed by atoms with Gasteiger partial charge in [-0.2, -0.15) is 5.01 Å². The van der Waals surface area contributed by atoms with Crippen molar-refractivity contribution >= 4 is 52.7 Å². The van der Waals surface area contributed by atoms with Crippen LogP contribution in [-0.2, 0) is 9.59 Å². The maximum absolute atomic E-state index is 13.8. The molecule has 10 heteroatoms. The molecule has 0 spiro atoms. The lowest BCUT2D eigenvalue weighted by atomic mass is 9.85. The lowest BCUT2D eigenvalue weighted by molar-refractivity contribution is -0.154. The van der Waals surface area contributed by atoms with Crippen LogP contribution in [0.4, 0.5) is 0 Å². The van der Waals surface area contributed by atoms with Crippen molar-refractivity contribution in [2.24, 2.45) is 23.7 Å². The number of amides is 3. The highest BCUT2D eigenvalue weighted by atomic mass is 35.5. The highest BCUT2D eigenvalue weighted by Crippen LogP contribution is 2.52. The van der Waals surface area contributed by atoms with Crippen molar-refractivity contribution in [2.45, 2.75) is 13.3 Å². The van der Waals surface area contributed by atoms with Crippen LogP contribution in [0, 0.1) is 30.6 Å². The van der Waals surface area contributed by atoms with Crippen LogP contribution in [0.15, 0.2) is 78.9 Å². The summed E-state index contributed by atoms with van der Waals surface area (Å²) >= 11 is 12.3. The van der Waals surface area contributed by atoms with Crippen LogP contribution in [0.1, 0.15) is 43.1 Å². The minimum atomic E-state index is -0.782. The van der Waals surface area contributed by atoms with Gasteiger partial charge in [-0.3, -0.25) is 19.2 Å². The molecule has 0 N–H and O–H groups in total. The van der Waals surface area contributed by atoms with E-state index < -0.39 is 47.9 Å². The predicted octanol–water partition coefficient (Wildman–Crippen LogP) is 5.57. The van der Waals surface area contributed by atoms with Gasteiger partial charge in [0.15, 0.2) is 5.78 Å². The van der Waals surface area contributed by atoms with Crippen LogP contribution in [0.3, 0.4) is 0 Å². The maximum Gasteiger partial charge on any atom is 0.343 e. The van der Waals surface area contributed by atoms with E-state index in [-0.39, 0.29) is 33.7 Å². The molecule has 2 aliphatic carbocycles. The molecular weight excluding hydrogens is 579 g/mol. The van der Waals surface area contributed by atoms with Crippen LogP contribution < -0.4 is 4.74 Å². The smallest absolute Gasteiger partial charge is 0.343 e. The molecular formula is C32H24Cl2N2O6. The zero-order valence-corrected chi connectivity index (χ0v) is 23.8. The van der Waals surface area contributed by atoms with Gasteiger partial charge in [-0.05, 0) is 79.8 Å². The number of allylic oxidation sites excluding steroid dienone is 2. The molecule has 3 aliphatic rings. The summed E-state index contributed by atoms with van der Waals surface area (Å²) in [6, 6.07) is 17.0. The Labute approximate surface area is 251 Å². The summed E-state index contributed by atoms with van der Waals surface area (Å²) < 4.78 is 5.41. The van der Waals surface area contributed by atoms with E-state index in [2.05, 4.69) is 0 Å². The van der Waals surface area contributed by atoms with E-state index in [1.807, 2.05) is 19.1 Å². The van der Waals surface area contributed by atoms with Crippen LogP contribution >= 0.6 is 23.2 Å². The van der Waals surface area contributed by atoms with Crippen molar-refractivity contribution in [3.05, 3.63) is 111 Å². The van der Waals surface area contributed by atoms with E-state index in [9.17, 15) is 24.0 Å². The molecule has 0 aromatic heterocycles. The fourth-order valence-corrected chi connectivity index (χ4v) is 6.44. The molecule has 1 heterocycles. The third-order valence-corrected chi connectivity index (χ3v) is 8.60. The van der Waals surface area contributed by atoms with Gasteiger partial charge in [-0.15, -0.1) is 0 Å². The standard InChI is InChI=1S/C32H24Cl2N2O6/c1-17-2-4-19(5-3-17)32(41)42-23-11-8-18(9-12-23)26(37)16-35(29(38)24-13-10-22(33)15-25(24)34)36-30(39)27-20-6-7-21(14-20)28(27)31(36)40/h2-13,15,20-21,27-28H,14,16H2,1H3/t20-,21-,27-,28+/m0/s1. The molecule has 6 rings (SSSR count). The van der Waals surface area contributed by atoms with Crippen molar-refractivity contribution in [2.75, 3.05) is 6.54 Å². The van der Waals surface area contributed by atoms with E-state index in [1.54, 1.807) is 24.3 Å². The topological polar surface area (TPSA) is 101 Å². The number of hydrogen-bond donors (Lipinski definition) is 0. The number of carbonyl (C=O) groups excluding carboxylic acids is 5. The summed E-state index contributed by atoms with van der Waals surface area (Å²) in [5, 5.41) is 2.02. The SMILES string of the molecule is Cc1ccc(C(=O)Oc2ccc(C(=O)CN(C(=O)c3ccc(Cl)cc3Cl)N3C(=O)[C@@H]4[C@H](C3=O)[C@H]3C=C[C@H]4C3)cc2)cc1. The number of benzene rings is 3. The summed E-state index contributed by atoms with van der Waals surface area (Å²) in [5.41, 5.74) is 1.56. The van der Waals surface area contributed by atoms with Gasteiger partial charge in [-0.25, -0.2) is 9.80 Å². The van der Waals surface area contributed by atoms with Crippen molar-refractivity contribution in [3.63, 3.8) is 0 Å². The summed E-state index contributed by atoms with van der Waals surface area (Å²) in [4.78, 5) is 66.8. The molecule has 1 aliphatic heterocycles. The zero-order valence-electron chi connectivity index (χ0n) is 22.3. The maximum atomic E-state index is 13.8. The Morgan fingerprint density at radius 2 is 1.45 bits per heavy atom. The number of halogens is 2. The van der Waals surface area contributed by atoms with Crippen LogP contribution in [0.2, 0.25) is 10.0 Å². The number of nitrogens with zero attached hydrogens (tertiary/aromatic N) is 2. The van der Waals surface area contributed by atoms with Gasteiger partial charge >= 0.3 is 5.97 Å². The minimum absolute atomic E-state index is 0.00834. The van der Waals surface area contributed by atoms with Gasteiger partial charge in [0.2, 0.25) is 0 Å². The van der Waals surface area contributed by atoms with Gasteiger partial charge in [0, 0.05) is 10.6 Å². The first-order valence-electron chi connectivity index (χ1n) is 13.4. The van der Waals surface area contributed by atoms with Crippen LogP contribution in [0.25, 0.3) is 0 Å². The number of ether oxygens (including phenoxy) is 1. The molecule has 1 saturated carbocycles.